The minimum atomic E-state index is -4.05. The minimum Gasteiger partial charge on any atom is -0.313 e. The Labute approximate surface area is 149 Å². The molecule has 0 saturated heterocycles. The monoisotopic (exact) mass is 420 g/mol. The second-order valence-electron chi connectivity index (χ2n) is 4.60. The molecular formula is C6H8N6O16. The lowest BCUT2D eigenvalue weighted by atomic mass is 9.77. The van der Waals surface area contributed by atoms with Gasteiger partial charge in [-0.25, -0.2) is 0 Å². The van der Waals surface area contributed by atoms with E-state index in [2.05, 4.69) is 19.4 Å². The Morgan fingerprint density at radius 3 is 0.964 bits per heavy atom. The topological polar surface area (TPSA) is 296 Å². The molecule has 22 heteroatoms. The van der Waals surface area contributed by atoms with E-state index in [1.807, 2.05) is 0 Å². The molecule has 0 unspecified atom stereocenters. The third-order valence-electron chi connectivity index (χ3n) is 3.16. The van der Waals surface area contributed by atoms with E-state index in [-0.39, 0.29) is 0 Å². The van der Waals surface area contributed by atoms with Crippen molar-refractivity contribution in [1.29, 1.82) is 0 Å². The number of nitrogens with zero attached hydrogens (tertiary/aromatic N) is 6. The molecule has 0 heterocycles. The van der Waals surface area contributed by atoms with E-state index in [0.717, 1.165) is 0 Å². The second-order valence-corrected chi connectivity index (χ2v) is 4.60. The summed E-state index contributed by atoms with van der Waals surface area (Å²) < 4.78 is 0. The van der Waals surface area contributed by atoms with Gasteiger partial charge in [-0.1, -0.05) is 0 Å². The van der Waals surface area contributed by atoms with Crippen LogP contribution in [0.3, 0.4) is 0 Å². The van der Waals surface area contributed by atoms with E-state index < -0.39 is 67.7 Å². The summed E-state index contributed by atoms with van der Waals surface area (Å²) in [5.74, 6) is 0. The maximum absolute atomic E-state index is 11.4. The van der Waals surface area contributed by atoms with Crippen LogP contribution in [0.5, 0.6) is 0 Å². The predicted molar refractivity (Wildman–Crippen MR) is 70.9 cm³/mol. The number of hydrogen-bond donors (Lipinski definition) is 0. The summed E-state index contributed by atoms with van der Waals surface area (Å²) in [6.45, 7) is -7.54. The van der Waals surface area contributed by atoms with Crippen LogP contribution in [0.25, 0.3) is 0 Å². The first-order chi connectivity index (χ1) is 12.8. The lowest BCUT2D eigenvalue weighted by Crippen LogP contribution is -2.68. The molecule has 0 spiro atoms. The van der Waals surface area contributed by atoms with E-state index in [9.17, 15) is 60.7 Å². The Balaban J connectivity index is 6.61. The molecule has 158 valence electrons. The SMILES string of the molecule is O=[N+]([O-])OCC(CO[N+](=O)[O-])(CO[N+](=O)[O-])C(CO[N+](=O)[O-])([N+](=O)[O-])[N+](=O)[O-]. The van der Waals surface area contributed by atoms with Crippen LogP contribution in [-0.4, -0.2) is 62.3 Å². The smallest absolute Gasteiger partial charge is 0.313 e. The zero-order valence-corrected chi connectivity index (χ0v) is 13.0. The minimum absolute atomic E-state index is 1.65. The normalized spacial score (nSPS) is 11.0. The highest BCUT2D eigenvalue weighted by Gasteiger charge is 2.75. The van der Waals surface area contributed by atoms with Crippen LogP contribution in [0.1, 0.15) is 0 Å². The van der Waals surface area contributed by atoms with Crippen LogP contribution < -0.4 is 0 Å². The summed E-state index contributed by atoms with van der Waals surface area (Å²) in [7, 11) is 0. The number of hydrogen-bond acceptors (Lipinski definition) is 16. The Morgan fingerprint density at radius 1 is 0.500 bits per heavy atom. The Hall–Kier alpha value is -4.40. The molecule has 0 rings (SSSR count). The van der Waals surface area contributed by atoms with Crippen LogP contribution in [0.2, 0.25) is 0 Å². The molecule has 0 aliphatic rings. The Morgan fingerprint density at radius 2 is 0.750 bits per heavy atom. The molecule has 0 N–H and O–H groups in total. The van der Waals surface area contributed by atoms with E-state index >= 15 is 0 Å². The zero-order chi connectivity index (χ0) is 22.1. The quantitative estimate of drug-likeness (QED) is 0.158. The molecule has 0 atom stereocenters. The molecule has 0 aromatic rings. The third kappa shape index (κ3) is 5.56. The molecule has 0 aromatic carbocycles. The average Bonchev–Trinajstić information content (AvgIpc) is 2.54. The van der Waals surface area contributed by atoms with Gasteiger partial charge in [0.05, 0.1) is 0 Å². The summed E-state index contributed by atoms with van der Waals surface area (Å²) in [6, 6.07) is 0. The van der Waals surface area contributed by atoms with Crippen molar-refractivity contribution in [3.8, 4) is 0 Å². The fourth-order valence-corrected chi connectivity index (χ4v) is 1.86. The molecule has 28 heavy (non-hydrogen) atoms. The van der Waals surface area contributed by atoms with Gasteiger partial charge in [0.15, 0.2) is 5.41 Å². The lowest BCUT2D eigenvalue weighted by Gasteiger charge is -2.34. The van der Waals surface area contributed by atoms with Crippen LogP contribution in [0.15, 0.2) is 0 Å². The van der Waals surface area contributed by atoms with Gasteiger partial charge < -0.3 is 14.5 Å². The highest BCUT2D eigenvalue weighted by Crippen LogP contribution is 2.37. The van der Waals surface area contributed by atoms with Gasteiger partial charge in [-0.15, -0.1) is 40.5 Å². The van der Waals surface area contributed by atoms with Crippen molar-refractivity contribution in [2.24, 2.45) is 5.41 Å². The van der Waals surface area contributed by atoms with Crippen molar-refractivity contribution >= 4 is 0 Å². The average molecular weight is 420 g/mol. The van der Waals surface area contributed by atoms with Gasteiger partial charge in [0.25, 0.3) is 20.3 Å². The molecular weight excluding hydrogens is 412 g/mol. The summed E-state index contributed by atoms with van der Waals surface area (Å²) in [5.41, 5.74) is -7.38. The molecule has 0 bridgehead atoms. The van der Waals surface area contributed by atoms with Gasteiger partial charge >= 0.3 is 5.66 Å². The molecule has 0 aromatic heterocycles. The summed E-state index contributed by atoms with van der Waals surface area (Å²) in [5, 5.41) is 57.8. The molecule has 0 fully saturated rings. The lowest BCUT2D eigenvalue weighted by molar-refractivity contribution is -0.866. The molecule has 0 aliphatic heterocycles. The standard InChI is InChI=1S/C6H8N6O16/c13-7(14)6(8(15)16,4-28-12(23)24)5(1-25-9(17)18,2-26-10(19)20)3-27-11(21)22/h1-4H2. The number of nitro groups is 2. The first kappa shape index (κ1) is 23.6. The van der Waals surface area contributed by atoms with E-state index in [1.165, 1.54) is 0 Å². The van der Waals surface area contributed by atoms with Crippen molar-refractivity contribution in [2.45, 2.75) is 5.66 Å². The van der Waals surface area contributed by atoms with Gasteiger partial charge in [-0.2, -0.15) is 0 Å². The van der Waals surface area contributed by atoms with Crippen molar-refractivity contribution in [3.63, 3.8) is 0 Å². The maximum Gasteiger partial charge on any atom is 0.492 e. The van der Waals surface area contributed by atoms with Crippen LogP contribution in [0, 0.1) is 66.1 Å². The van der Waals surface area contributed by atoms with E-state index in [1.54, 1.807) is 0 Å². The van der Waals surface area contributed by atoms with Gasteiger partial charge in [0, 0.05) is 0 Å². The summed E-state index contributed by atoms with van der Waals surface area (Å²) in [6.07, 6.45) is 0. The Bertz CT molecular complexity index is 602. The second kappa shape index (κ2) is 9.34. The van der Waals surface area contributed by atoms with Crippen LogP contribution >= 0.6 is 0 Å². The highest BCUT2D eigenvalue weighted by molar-refractivity contribution is 4.93. The van der Waals surface area contributed by atoms with Crippen LogP contribution in [0.4, 0.5) is 0 Å². The van der Waals surface area contributed by atoms with Gasteiger partial charge in [-0.3, -0.25) is 25.1 Å². The highest BCUT2D eigenvalue weighted by atomic mass is 17.0. The van der Waals surface area contributed by atoms with Crippen molar-refractivity contribution < 1.29 is 49.5 Å². The fraction of sp³-hybridized carbons (Fsp3) is 1.00. The Kier molecular flexibility index (Phi) is 7.87. The molecule has 0 amide bonds. The number of rotatable bonds is 15. The molecule has 0 saturated carbocycles. The van der Waals surface area contributed by atoms with E-state index in [4.69, 9.17) is 0 Å². The van der Waals surface area contributed by atoms with Gasteiger partial charge in [0.1, 0.15) is 29.7 Å². The summed E-state index contributed by atoms with van der Waals surface area (Å²) in [4.78, 5) is 75.6. The van der Waals surface area contributed by atoms with Crippen LogP contribution in [-0.2, 0) is 19.4 Å². The maximum atomic E-state index is 11.4. The molecule has 0 aliphatic carbocycles. The third-order valence-corrected chi connectivity index (χ3v) is 3.16. The van der Waals surface area contributed by atoms with Gasteiger partial charge in [-0.05, 0) is 0 Å². The van der Waals surface area contributed by atoms with Crippen molar-refractivity contribution in [3.05, 3.63) is 60.7 Å². The largest absolute Gasteiger partial charge is 0.492 e. The zero-order valence-electron chi connectivity index (χ0n) is 13.0. The molecule has 0 radical (unpaired) electrons. The fourth-order valence-electron chi connectivity index (χ4n) is 1.86. The summed E-state index contributed by atoms with van der Waals surface area (Å²) >= 11 is 0. The van der Waals surface area contributed by atoms with Crippen molar-refractivity contribution in [1.82, 2.24) is 0 Å². The van der Waals surface area contributed by atoms with E-state index in [0.29, 0.717) is 0 Å². The molecule has 22 nitrogen and oxygen atoms in total. The first-order valence-electron chi connectivity index (χ1n) is 6.19. The van der Waals surface area contributed by atoms with Crippen molar-refractivity contribution in [2.75, 3.05) is 26.4 Å². The predicted octanol–water partition coefficient (Wildman–Crippen LogP) is -1.94. The van der Waals surface area contributed by atoms with Gasteiger partial charge in [0.2, 0.25) is 6.61 Å². The first-order valence-corrected chi connectivity index (χ1v) is 6.19.